The number of aromatic hydroxyl groups is 2. The molecule has 0 unspecified atom stereocenters. The maximum Gasteiger partial charge on any atom is 0.200 e. The Kier molecular flexibility index (Phi) is 2.86. The van der Waals surface area contributed by atoms with E-state index in [9.17, 15) is 17.6 Å². The molecule has 2 aromatic carbocycles. The summed E-state index contributed by atoms with van der Waals surface area (Å²) in [5.41, 5.74) is -1.11. The van der Waals surface area contributed by atoms with Crippen LogP contribution in [0.5, 0.6) is 11.5 Å². The van der Waals surface area contributed by atoms with Crippen LogP contribution in [0.4, 0.5) is 17.6 Å². The Hall–Kier alpha value is -2.24. The van der Waals surface area contributed by atoms with Crippen LogP contribution in [0.1, 0.15) is 0 Å². The fourth-order valence-electron chi connectivity index (χ4n) is 1.49. The van der Waals surface area contributed by atoms with Crippen LogP contribution in [0, 0.1) is 23.3 Å². The highest BCUT2D eigenvalue weighted by Gasteiger charge is 2.20. The summed E-state index contributed by atoms with van der Waals surface area (Å²) in [7, 11) is 0. The molecule has 2 N–H and O–H groups in total. The van der Waals surface area contributed by atoms with E-state index in [0.717, 1.165) is 24.3 Å². The van der Waals surface area contributed by atoms with Gasteiger partial charge >= 0.3 is 0 Å². The molecule has 0 bridgehead atoms. The fourth-order valence-corrected chi connectivity index (χ4v) is 1.49. The van der Waals surface area contributed by atoms with E-state index >= 15 is 0 Å². The second kappa shape index (κ2) is 4.21. The Morgan fingerprint density at radius 1 is 0.556 bits per heavy atom. The van der Waals surface area contributed by atoms with Crippen LogP contribution in [-0.2, 0) is 0 Å². The van der Waals surface area contributed by atoms with Gasteiger partial charge in [-0.15, -0.1) is 0 Å². The third-order valence-electron chi connectivity index (χ3n) is 2.41. The van der Waals surface area contributed by atoms with Crippen molar-refractivity contribution in [1.82, 2.24) is 0 Å². The molecule has 0 radical (unpaired) electrons. The van der Waals surface area contributed by atoms with Gasteiger partial charge in [-0.25, -0.2) is 8.78 Å². The first-order valence-corrected chi connectivity index (χ1v) is 4.77. The van der Waals surface area contributed by atoms with Gasteiger partial charge in [-0.3, -0.25) is 0 Å². The van der Waals surface area contributed by atoms with Gasteiger partial charge in [0.2, 0.25) is 11.6 Å². The summed E-state index contributed by atoms with van der Waals surface area (Å²) in [5, 5.41) is 17.8. The Morgan fingerprint density at radius 2 is 0.889 bits per heavy atom. The highest BCUT2D eigenvalue weighted by molar-refractivity contribution is 5.67. The first-order chi connectivity index (χ1) is 8.43. The number of phenolic OH excluding ortho intramolecular Hbond substituents is 2. The second-order valence-corrected chi connectivity index (χ2v) is 3.52. The predicted octanol–water partition coefficient (Wildman–Crippen LogP) is 3.32. The van der Waals surface area contributed by atoms with Crippen LogP contribution in [-0.4, -0.2) is 10.2 Å². The van der Waals surface area contributed by atoms with Gasteiger partial charge in [-0.05, 0) is 24.3 Å². The van der Waals surface area contributed by atoms with Crippen LogP contribution in [0.2, 0.25) is 0 Å². The maximum absolute atomic E-state index is 13.5. The van der Waals surface area contributed by atoms with Crippen molar-refractivity contribution in [3.05, 3.63) is 47.5 Å². The molecule has 0 heterocycles. The normalized spacial score (nSPS) is 10.7. The van der Waals surface area contributed by atoms with Gasteiger partial charge in [0.15, 0.2) is 23.1 Å². The van der Waals surface area contributed by atoms with E-state index in [1.807, 2.05) is 0 Å². The number of phenols is 2. The van der Waals surface area contributed by atoms with Gasteiger partial charge in [-0.2, -0.15) is 8.78 Å². The van der Waals surface area contributed by atoms with Crippen molar-refractivity contribution in [1.29, 1.82) is 0 Å². The van der Waals surface area contributed by atoms with Gasteiger partial charge in [0.05, 0.1) is 0 Å². The minimum absolute atomic E-state index is 0.554. The van der Waals surface area contributed by atoms with E-state index in [0.29, 0.717) is 0 Å². The zero-order valence-corrected chi connectivity index (χ0v) is 8.72. The third kappa shape index (κ3) is 1.75. The van der Waals surface area contributed by atoms with Gasteiger partial charge in [0, 0.05) is 11.1 Å². The maximum atomic E-state index is 13.5. The summed E-state index contributed by atoms with van der Waals surface area (Å²) in [5.74, 6) is -7.98. The summed E-state index contributed by atoms with van der Waals surface area (Å²) >= 11 is 0. The fraction of sp³-hybridized carbons (Fsp3) is 0. The summed E-state index contributed by atoms with van der Waals surface area (Å²) in [6.07, 6.45) is 0. The summed E-state index contributed by atoms with van der Waals surface area (Å²) in [4.78, 5) is 0. The van der Waals surface area contributed by atoms with Crippen molar-refractivity contribution in [3.63, 3.8) is 0 Å². The number of halogens is 4. The van der Waals surface area contributed by atoms with E-state index < -0.39 is 45.9 Å². The lowest BCUT2D eigenvalue weighted by molar-refractivity contribution is 0.404. The smallest absolute Gasteiger partial charge is 0.200 e. The number of rotatable bonds is 1. The Balaban J connectivity index is 2.71. The van der Waals surface area contributed by atoms with Crippen molar-refractivity contribution >= 4 is 0 Å². The van der Waals surface area contributed by atoms with E-state index in [4.69, 9.17) is 10.2 Å². The zero-order chi connectivity index (χ0) is 13.4. The molecule has 18 heavy (non-hydrogen) atoms. The number of hydrogen-bond acceptors (Lipinski definition) is 2. The van der Waals surface area contributed by atoms with E-state index in [-0.39, 0.29) is 0 Å². The van der Waals surface area contributed by atoms with Crippen molar-refractivity contribution in [3.8, 4) is 22.6 Å². The van der Waals surface area contributed by atoms with Gasteiger partial charge in [0.1, 0.15) is 0 Å². The number of benzene rings is 2. The first kappa shape index (κ1) is 12.2. The summed E-state index contributed by atoms with van der Waals surface area (Å²) in [6.45, 7) is 0. The molecule has 0 saturated heterocycles. The van der Waals surface area contributed by atoms with Crippen molar-refractivity contribution < 1.29 is 27.8 Å². The molecule has 2 nitrogen and oxygen atoms in total. The van der Waals surface area contributed by atoms with Gasteiger partial charge in [-0.1, -0.05) is 0 Å². The summed E-state index contributed by atoms with van der Waals surface area (Å²) < 4.78 is 53.1. The molecule has 0 aromatic heterocycles. The standard InChI is InChI=1S/C12H6F4O2/c13-9-5(1-3-7(17)11(9)15)6-2-4-8(18)12(16)10(6)14/h1-4,17-18H. The van der Waals surface area contributed by atoms with Crippen molar-refractivity contribution in [2.75, 3.05) is 0 Å². The van der Waals surface area contributed by atoms with Crippen molar-refractivity contribution in [2.45, 2.75) is 0 Å². The van der Waals surface area contributed by atoms with Gasteiger partial charge < -0.3 is 10.2 Å². The third-order valence-corrected chi connectivity index (χ3v) is 2.41. The molecule has 0 saturated carbocycles. The molecule has 0 fully saturated rings. The molecule has 0 aliphatic rings. The molecular weight excluding hydrogens is 252 g/mol. The van der Waals surface area contributed by atoms with E-state index in [2.05, 4.69) is 0 Å². The molecule has 0 aliphatic heterocycles. The van der Waals surface area contributed by atoms with Crippen LogP contribution in [0.3, 0.4) is 0 Å². The Labute approximate surface area is 98.7 Å². The molecule has 0 atom stereocenters. The predicted molar refractivity (Wildman–Crippen MR) is 55.0 cm³/mol. The van der Waals surface area contributed by atoms with E-state index in [1.165, 1.54) is 0 Å². The van der Waals surface area contributed by atoms with Gasteiger partial charge in [0.25, 0.3) is 0 Å². The Morgan fingerprint density at radius 3 is 1.22 bits per heavy atom. The summed E-state index contributed by atoms with van der Waals surface area (Å²) in [6, 6.07) is 3.45. The largest absolute Gasteiger partial charge is 0.505 e. The minimum Gasteiger partial charge on any atom is -0.505 e. The molecule has 6 heteroatoms. The molecule has 0 spiro atoms. The molecule has 0 amide bonds. The average molecular weight is 258 g/mol. The Bertz CT molecular complexity index is 570. The van der Waals surface area contributed by atoms with Crippen molar-refractivity contribution in [2.24, 2.45) is 0 Å². The van der Waals surface area contributed by atoms with Crippen LogP contribution < -0.4 is 0 Å². The lowest BCUT2D eigenvalue weighted by Gasteiger charge is -2.08. The first-order valence-electron chi connectivity index (χ1n) is 4.77. The monoisotopic (exact) mass is 258 g/mol. The van der Waals surface area contributed by atoms with Crippen LogP contribution >= 0.6 is 0 Å². The molecule has 0 aliphatic carbocycles. The quantitative estimate of drug-likeness (QED) is 0.770. The number of hydrogen-bond donors (Lipinski definition) is 2. The molecule has 94 valence electrons. The molecule has 2 rings (SSSR count). The van der Waals surface area contributed by atoms with Crippen LogP contribution in [0.25, 0.3) is 11.1 Å². The molecular formula is C12H6F4O2. The molecule has 2 aromatic rings. The topological polar surface area (TPSA) is 40.5 Å². The van der Waals surface area contributed by atoms with E-state index in [1.54, 1.807) is 0 Å². The average Bonchev–Trinajstić information content (AvgIpc) is 2.35. The SMILES string of the molecule is Oc1ccc(-c2ccc(O)c(F)c2F)c(F)c1F. The lowest BCUT2D eigenvalue weighted by atomic mass is 10.0. The minimum atomic E-state index is -1.56. The second-order valence-electron chi connectivity index (χ2n) is 3.52. The highest BCUT2D eigenvalue weighted by Crippen LogP contribution is 2.33. The highest BCUT2D eigenvalue weighted by atomic mass is 19.2. The van der Waals surface area contributed by atoms with Crippen LogP contribution in [0.15, 0.2) is 24.3 Å². The lowest BCUT2D eigenvalue weighted by Crippen LogP contribution is -1.95. The zero-order valence-electron chi connectivity index (χ0n) is 8.72.